The first-order valence-corrected chi connectivity index (χ1v) is 6.90. The van der Waals surface area contributed by atoms with Crippen LogP contribution in [0.4, 0.5) is 10.1 Å². The Labute approximate surface area is 100 Å². The predicted octanol–water partition coefficient (Wildman–Crippen LogP) is 1.63. The monoisotopic (exact) mass is 258 g/mol. The van der Waals surface area contributed by atoms with Gasteiger partial charge in [-0.25, -0.2) is 17.5 Å². The van der Waals surface area contributed by atoms with Crippen molar-refractivity contribution in [2.75, 3.05) is 5.73 Å². The van der Waals surface area contributed by atoms with Gasteiger partial charge in [-0.3, -0.25) is 0 Å². The lowest BCUT2D eigenvalue weighted by atomic mass is 9.80. The van der Waals surface area contributed by atoms with Crippen LogP contribution in [0.15, 0.2) is 23.1 Å². The van der Waals surface area contributed by atoms with Crippen LogP contribution in [0, 0.1) is 5.82 Å². The molecule has 0 saturated heterocycles. The zero-order valence-electron chi connectivity index (χ0n) is 9.53. The first kappa shape index (κ1) is 12.3. The summed E-state index contributed by atoms with van der Waals surface area (Å²) in [6.45, 7) is 1.82. The summed E-state index contributed by atoms with van der Waals surface area (Å²) in [4.78, 5) is -0.384. The summed E-state index contributed by atoms with van der Waals surface area (Å²) in [5.41, 5.74) is 5.25. The van der Waals surface area contributed by atoms with Gasteiger partial charge in [0.2, 0.25) is 10.0 Å². The molecule has 17 heavy (non-hydrogen) atoms. The SMILES string of the molecule is CC1(NS(=O)(=O)c2cc(N)ccc2F)CCC1. The van der Waals surface area contributed by atoms with Gasteiger partial charge in [-0.2, -0.15) is 0 Å². The minimum atomic E-state index is -3.84. The molecule has 1 aromatic rings. The highest BCUT2D eigenvalue weighted by atomic mass is 32.2. The Hall–Kier alpha value is -1.14. The summed E-state index contributed by atoms with van der Waals surface area (Å²) in [7, 11) is -3.84. The van der Waals surface area contributed by atoms with Crippen molar-refractivity contribution in [3.63, 3.8) is 0 Å². The largest absolute Gasteiger partial charge is 0.399 e. The van der Waals surface area contributed by atoms with Crippen molar-refractivity contribution < 1.29 is 12.8 Å². The molecule has 1 aliphatic carbocycles. The van der Waals surface area contributed by atoms with Crippen LogP contribution in [0.5, 0.6) is 0 Å². The molecule has 4 nitrogen and oxygen atoms in total. The van der Waals surface area contributed by atoms with E-state index in [-0.39, 0.29) is 10.6 Å². The van der Waals surface area contributed by atoms with Crippen molar-refractivity contribution >= 4 is 15.7 Å². The van der Waals surface area contributed by atoms with Gasteiger partial charge in [0.1, 0.15) is 10.7 Å². The summed E-state index contributed by atoms with van der Waals surface area (Å²) in [6, 6.07) is 3.53. The molecule has 6 heteroatoms. The molecule has 1 saturated carbocycles. The second kappa shape index (κ2) is 3.96. The summed E-state index contributed by atoms with van der Waals surface area (Å²) in [5.74, 6) is -0.783. The maximum absolute atomic E-state index is 13.5. The molecular weight excluding hydrogens is 243 g/mol. The molecule has 0 heterocycles. The zero-order chi connectivity index (χ0) is 12.7. The number of halogens is 1. The van der Waals surface area contributed by atoms with E-state index in [2.05, 4.69) is 4.72 Å². The molecule has 2 rings (SSSR count). The number of nitrogen functional groups attached to an aromatic ring is 1. The van der Waals surface area contributed by atoms with Crippen molar-refractivity contribution in [1.82, 2.24) is 4.72 Å². The third kappa shape index (κ3) is 2.42. The number of nitrogens with two attached hydrogens (primary N) is 1. The topological polar surface area (TPSA) is 72.2 Å². The van der Waals surface area contributed by atoms with Crippen molar-refractivity contribution in [3.05, 3.63) is 24.0 Å². The fourth-order valence-electron chi connectivity index (χ4n) is 1.91. The lowest BCUT2D eigenvalue weighted by Crippen LogP contribution is -2.50. The van der Waals surface area contributed by atoms with E-state index in [1.54, 1.807) is 0 Å². The van der Waals surface area contributed by atoms with E-state index in [1.165, 1.54) is 6.07 Å². The minimum Gasteiger partial charge on any atom is -0.399 e. The van der Waals surface area contributed by atoms with E-state index >= 15 is 0 Å². The van der Waals surface area contributed by atoms with E-state index in [0.29, 0.717) is 0 Å². The van der Waals surface area contributed by atoms with Gasteiger partial charge < -0.3 is 5.73 Å². The number of hydrogen-bond acceptors (Lipinski definition) is 3. The number of anilines is 1. The van der Waals surface area contributed by atoms with Gasteiger partial charge in [0.25, 0.3) is 0 Å². The highest BCUT2D eigenvalue weighted by Gasteiger charge is 2.37. The molecule has 0 aliphatic heterocycles. The van der Waals surface area contributed by atoms with Crippen LogP contribution in [-0.4, -0.2) is 14.0 Å². The smallest absolute Gasteiger partial charge is 0.244 e. The lowest BCUT2D eigenvalue weighted by Gasteiger charge is -2.38. The molecule has 0 atom stereocenters. The molecular formula is C11H15FN2O2S. The fourth-order valence-corrected chi connectivity index (χ4v) is 3.49. The van der Waals surface area contributed by atoms with Gasteiger partial charge >= 0.3 is 0 Å². The molecule has 1 aromatic carbocycles. The molecule has 0 unspecified atom stereocenters. The number of sulfonamides is 1. The summed E-state index contributed by atoms with van der Waals surface area (Å²) < 4.78 is 40.0. The summed E-state index contributed by atoms with van der Waals surface area (Å²) in [6.07, 6.45) is 2.53. The Balaban J connectivity index is 2.34. The number of hydrogen-bond donors (Lipinski definition) is 2. The summed E-state index contributed by atoms with van der Waals surface area (Å²) >= 11 is 0. The lowest BCUT2D eigenvalue weighted by molar-refractivity contribution is 0.247. The molecule has 0 amide bonds. The van der Waals surface area contributed by atoms with Crippen LogP contribution >= 0.6 is 0 Å². The van der Waals surface area contributed by atoms with Crippen molar-refractivity contribution in [1.29, 1.82) is 0 Å². The molecule has 0 radical (unpaired) electrons. The first-order chi connectivity index (χ1) is 7.82. The fraction of sp³-hybridized carbons (Fsp3) is 0.455. The predicted molar refractivity (Wildman–Crippen MR) is 63.4 cm³/mol. The van der Waals surface area contributed by atoms with Gasteiger partial charge in [0.15, 0.2) is 0 Å². The molecule has 1 aliphatic rings. The van der Waals surface area contributed by atoms with Crippen LogP contribution in [0.1, 0.15) is 26.2 Å². The minimum absolute atomic E-state index is 0.227. The molecule has 0 spiro atoms. The Morgan fingerprint density at radius 2 is 2.06 bits per heavy atom. The standard InChI is InChI=1S/C11H15FN2O2S/c1-11(5-2-6-11)14-17(15,16)10-7-8(13)3-4-9(10)12/h3-4,7,14H,2,5-6,13H2,1H3. The Kier molecular flexibility index (Phi) is 2.87. The number of nitrogens with one attached hydrogen (secondary N) is 1. The van der Waals surface area contributed by atoms with E-state index in [4.69, 9.17) is 5.73 Å². The van der Waals surface area contributed by atoms with E-state index < -0.39 is 21.4 Å². The second-order valence-corrected chi connectivity index (χ2v) is 6.36. The second-order valence-electron chi connectivity index (χ2n) is 4.71. The van der Waals surface area contributed by atoms with Crippen molar-refractivity contribution in [2.45, 2.75) is 36.6 Å². The van der Waals surface area contributed by atoms with Crippen LogP contribution in [-0.2, 0) is 10.0 Å². The highest BCUT2D eigenvalue weighted by molar-refractivity contribution is 7.89. The zero-order valence-corrected chi connectivity index (χ0v) is 10.3. The normalized spacial score (nSPS) is 18.7. The van der Waals surface area contributed by atoms with Crippen molar-refractivity contribution in [2.24, 2.45) is 0 Å². The number of rotatable bonds is 3. The van der Waals surface area contributed by atoms with Crippen molar-refractivity contribution in [3.8, 4) is 0 Å². The first-order valence-electron chi connectivity index (χ1n) is 5.41. The van der Waals surface area contributed by atoms with Gasteiger partial charge in [0, 0.05) is 11.2 Å². The van der Waals surface area contributed by atoms with E-state index in [0.717, 1.165) is 31.4 Å². The maximum atomic E-state index is 13.5. The van der Waals surface area contributed by atoms with Crippen LogP contribution in [0.3, 0.4) is 0 Å². The van der Waals surface area contributed by atoms with Gasteiger partial charge in [-0.15, -0.1) is 0 Å². The quantitative estimate of drug-likeness (QED) is 0.809. The van der Waals surface area contributed by atoms with Gasteiger partial charge in [-0.1, -0.05) is 0 Å². The Morgan fingerprint density at radius 1 is 1.41 bits per heavy atom. The molecule has 1 fully saturated rings. The average Bonchev–Trinajstić information content (AvgIpc) is 2.18. The Morgan fingerprint density at radius 3 is 2.59 bits per heavy atom. The molecule has 3 N–H and O–H groups in total. The molecule has 0 aromatic heterocycles. The van der Waals surface area contributed by atoms with Gasteiger partial charge in [-0.05, 0) is 44.4 Å². The average molecular weight is 258 g/mol. The van der Waals surface area contributed by atoms with E-state index in [1.807, 2.05) is 6.92 Å². The van der Waals surface area contributed by atoms with Crippen LogP contribution in [0.25, 0.3) is 0 Å². The van der Waals surface area contributed by atoms with E-state index in [9.17, 15) is 12.8 Å². The molecule has 94 valence electrons. The van der Waals surface area contributed by atoms with Crippen LogP contribution < -0.4 is 10.5 Å². The number of benzene rings is 1. The highest BCUT2D eigenvalue weighted by Crippen LogP contribution is 2.33. The summed E-state index contributed by atoms with van der Waals surface area (Å²) in [5, 5.41) is 0. The third-order valence-corrected chi connectivity index (χ3v) is 4.74. The van der Waals surface area contributed by atoms with Crippen LogP contribution in [0.2, 0.25) is 0 Å². The maximum Gasteiger partial charge on any atom is 0.244 e. The Bertz CT molecular complexity index is 538. The van der Waals surface area contributed by atoms with Gasteiger partial charge in [0.05, 0.1) is 0 Å². The molecule has 0 bridgehead atoms. The third-order valence-electron chi connectivity index (χ3n) is 3.08.